The molecule has 1 aromatic heterocycles. The summed E-state index contributed by atoms with van der Waals surface area (Å²) >= 11 is 1.36. The van der Waals surface area contributed by atoms with Crippen molar-refractivity contribution in [1.82, 2.24) is 4.31 Å². The third kappa shape index (κ3) is 4.83. The minimum absolute atomic E-state index is 0.0631. The Balaban J connectivity index is 1.84. The highest BCUT2D eigenvalue weighted by Crippen LogP contribution is 2.34. The fourth-order valence-corrected chi connectivity index (χ4v) is 6.37. The Kier molecular flexibility index (Phi) is 7.29. The molecule has 2 amide bonds. The van der Waals surface area contributed by atoms with Crippen molar-refractivity contribution in [2.75, 3.05) is 32.0 Å². The van der Waals surface area contributed by atoms with Crippen LogP contribution in [0.2, 0.25) is 0 Å². The van der Waals surface area contributed by atoms with Gasteiger partial charge < -0.3 is 16.0 Å². The summed E-state index contributed by atoms with van der Waals surface area (Å²) < 4.78 is 26.9. The van der Waals surface area contributed by atoms with Gasteiger partial charge >= 0.3 is 0 Å². The number of carbonyl (C=O) groups excluding carboxylic acids is 2. The molecule has 0 saturated heterocycles. The van der Waals surface area contributed by atoms with Gasteiger partial charge in [0.05, 0.1) is 28.9 Å². The second-order valence-electron chi connectivity index (χ2n) is 7.58. The monoisotopic (exact) mass is 475 g/mol. The fraction of sp³-hybridized carbons (Fsp3) is 0.273. The number of nitrogens with zero attached hydrogens (tertiary/aromatic N) is 1. The van der Waals surface area contributed by atoms with E-state index in [4.69, 9.17) is 5.73 Å². The summed E-state index contributed by atoms with van der Waals surface area (Å²) in [4.78, 5) is 27.3. The highest BCUT2D eigenvalue weighted by Gasteiger charge is 2.29. The Bertz CT molecular complexity index is 1140. The van der Waals surface area contributed by atoms with E-state index >= 15 is 0 Å². The second-order valence-corrected chi connectivity index (χ2v) is 10.6. The SMILES string of the molecule is C=CCN(CC=C)S(=O)(=O)c1ccc(C(=O)Nc2sc3c(c2C(N)=O)CC[NH+](C)C3)cc1. The zero-order chi connectivity index (χ0) is 23.5. The van der Waals surface area contributed by atoms with Gasteiger partial charge in [-0.2, -0.15) is 4.31 Å². The van der Waals surface area contributed by atoms with Crippen LogP contribution in [0.1, 0.15) is 31.2 Å². The predicted molar refractivity (Wildman–Crippen MR) is 126 cm³/mol. The lowest BCUT2D eigenvalue weighted by Crippen LogP contribution is -3.08. The number of nitrogens with two attached hydrogens (primary N) is 1. The average Bonchev–Trinajstić information content (AvgIpc) is 3.10. The molecular weight excluding hydrogens is 448 g/mol. The summed E-state index contributed by atoms with van der Waals surface area (Å²) in [7, 11) is -1.68. The molecule has 2 aromatic rings. The molecule has 0 saturated carbocycles. The van der Waals surface area contributed by atoms with Gasteiger partial charge in [0, 0.05) is 25.1 Å². The first-order chi connectivity index (χ1) is 15.2. The molecule has 2 heterocycles. The number of carbonyl (C=O) groups is 2. The molecule has 0 aliphatic carbocycles. The molecule has 0 fully saturated rings. The lowest BCUT2D eigenvalue weighted by atomic mass is 10.0. The van der Waals surface area contributed by atoms with Crippen LogP contribution in [0.3, 0.4) is 0 Å². The summed E-state index contributed by atoms with van der Waals surface area (Å²) in [6, 6.07) is 5.65. The van der Waals surface area contributed by atoms with Crippen molar-refractivity contribution in [1.29, 1.82) is 0 Å². The Morgan fingerprint density at radius 3 is 2.41 bits per heavy atom. The number of benzene rings is 1. The van der Waals surface area contributed by atoms with Gasteiger partial charge in [0.1, 0.15) is 11.5 Å². The van der Waals surface area contributed by atoms with Crippen molar-refractivity contribution in [2.24, 2.45) is 5.73 Å². The van der Waals surface area contributed by atoms with E-state index in [-0.39, 0.29) is 23.5 Å². The number of amides is 2. The zero-order valence-corrected chi connectivity index (χ0v) is 19.5. The van der Waals surface area contributed by atoms with E-state index in [1.54, 1.807) is 0 Å². The summed E-state index contributed by atoms with van der Waals surface area (Å²) in [6.07, 6.45) is 3.72. The van der Waals surface area contributed by atoms with Gasteiger partial charge in [-0.25, -0.2) is 8.42 Å². The number of likely N-dealkylation sites (N-methyl/N-ethyl adjacent to an activating group) is 1. The maximum atomic E-state index is 12.8. The molecule has 0 bridgehead atoms. The van der Waals surface area contributed by atoms with Crippen molar-refractivity contribution in [3.05, 3.63) is 71.1 Å². The lowest BCUT2D eigenvalue weighted by Gasteiger charge is -2.19. The fourth-order valence-electron chi connectivity index (χ4n) is 3.63. The number of primary amides is 1. The Morgan fingerprint density at radius 1 is 1.22 bits per heavy atom. The molecule has 4 N–H and O–H groups in total. The van der Waals surface area contributed by atoms with Gasteiger partial charge in [-0.1, -0.05) is 12.2 Å². The van der Waals surface area contributed by atoms with Crippen molar-refractivity contribution >= 4 is 38.2 Å². The standard InChI is InChI=1S/C22H26N4O4S2/c1-4-11-26(12-5-2)32(29,30)16-8-6-15(7-9-16)21(28)24-22-19(20(23)27)17-10-13-25(3)14-18(17)31-22/h4-9H,1-2,10-14H2,3H3,(H2,23,27)(H,24,28)/p+1. The molecule has 8 nitrogen and oxygen atoms in total. The van der Waals surface area contributed by atoms with Crippen molar-refractivity contribution < 1.29 is 22.9 Å². The molecule has 32 heavy (non-hydrogen) atoms. The van der Waals surface area contributed by atoms with Crippen LogP contribution in [0.25, 0.3) is 0 Å². The minimum atomic E-state index is -3.75. The Hall–Kier alpha value is -2.79. The third-order valence-electron chi connectivity index (χ3n) is 5.25. The van der Waals surface area contributed by atoms with Crippen LogP contribution in [0, 0.1) is 0 Å². The van der Waals surface area contributed by atoms with Gasteiger partial charge in [-0.05, 0) is 29.8 Å². The van der Waals surface area contributed by atoms with Crippen LogP contribution in [0.4, 0.5) is 5.00 Å². The molecule has 170 valence electrons. The predicted octanol–water partition coefficient (Wildman–Crippen LogP) is 1.03. The number of anilines is 1. The van der Waals surface area contributed by atoms with Gasteiger partial charge in [-0.15, -0.1) is 24.5 Å². The maximum absolute atomic E-state index is 12.8. The second kappa shape index (κ2) is 9.78. The molecule has 1 unspecified atom stereocenters. The first-order valence-corrected chi connectivity index (χ1v) is 12.3. The normalized spacial score (nSPS) is 15.8. The van der Waals surface area contributed by atoms with Gasteiger partial charge in [-0.3, -0.25) is 9.59 Å². The van der Waals surface area contributed by atoms with E-state index in [2.05, 4.69) is 25.5 Å². The van der Waals surface area contributed by atoms with Crippen molar-refractivity contribution in [3.8, 4) is 0 Å². The van der Waals surface area contributed by atoms with Crippen LogP contribution < -0.4 is 16.0 Å². The van der Waals surface area contributed by atoms with Crippen LogP contribution >= 0.6 is 11.3 Å². The summed E-state index contributed by atoms with van der Waals surface area (Å²) in [5.41, 5.74) is 7.15. The van der Waals surface area contributed by atoms with Crippen LogP contribution in [0.5, 0.6) is 0 Å². The zero-order valence-electron chi connectivity index (χ0n) is 17.9. The molecule has 1 atom stereocenters. The molecule has 3 rings (SSSR count). The van der Waals surface area contributed by atoms with Crippen molar-refractivity contribution in [3.63, 3.8) is 0 Å². The number of fused-ring (bicyclic) bond motifs is 1. The Morgan fingerprint density at radius 2 is 1.84 bits per heavy atom. The summed E-state index contributed by atoms with van der Waals surface area (Å²) in [6.45, 7) is 9.13. The Labute approximate surface area is 192 Å². The number of rotatable bonds is 9. The molecule has 0 radical (unpaired) electrons. The largest absolute Gasteiger partial charge is 0.365 e. The number of thiophene rings is 1. The van der Waals surface area contributed by atoms with E-state index in [0.717, 1.165) is 30.0 Å². The minimum Gasteiger partial charge on any atom is -0.365 e. The first kappa shape index (κ1) is 23.9. The van der Waals surface area contributed by atoms with Crippen LogP contribution in [-0.2, 0) is 23.0 Å². The molecule has 1 aliphatic heterocycles. The van der Waals surface area contributed by atoms with E-state index in [1.807, 2.05) is 0 Å². The quantitative estimate of drug-likeness (QED) is 0.470. The van der Waals surface area contributed by atoms with E-state index in [1.165, 1.54) is 57.0 Å². The topological polar surface area (TPSA) is 114 Å². The lowest BCUT2D eigenvalue weighted by molar-refractivity contribution is -0.895. The van der Waals surface area contributed by atoms with Crippen molar-refractivity contribution in [2.45, 2.75) is 17.9 Å². The van der Waals surface area contributed by atoms with Crippen LogP contribution in [0.15, 0.2) is 54.5 Å². The van der Waals surface area contributed by atoms with Gasteiger partial charge in [0.15, 0.2) is 0 Å². The molecule has 1 aromatic carbocycles. The smallest absolute Gasteiger partial charge is 0.256 e. The highest BCUT2D eigenvalue weighted by molar-refractivity contribution is 7.89. The molecule has 1 aliphatic rings. The number of sulfonamides is 1. The number of nitrogens with one attached hydrogen (secondary N) is 2. The number of hydrogen-bond donors (Lipinski definition) is 3. The maximum Gasteiger partial charge on any atom is 0.256 e. The van der Waals surface area contributed by atoms with Crippen LogP contribution in [-0.4, -0.2) is 51.2 Å². The van der Waals surface area contributed by atoms with Gasteiger partial charge in [0.25, 0.3) is 11.8 Å². The molecular formula is C22H27N4O4S2+. The molecule has 0 spiro atoms. The van der Waals surface area contributed by atoms with E-state index in [0.29, 0.717) is 10.6 Å². The van der Waals surface area contributed by atoms with Gasteiger partial charge in [0.2, 0.25) is 10.0 Å². The molecule has 10 heteroatoms. The highest BCUT2D eigenvalue weighted by atomic mass is 32.2. The summed E-state index contributed by atoms with van der Waals surface area (Å²) in [5, 5.41) is 3.22. The van der Waals surface area contributed by atoms with E-state index < -0.39 is 21.8 Å². The average molecular weight is 476 g/mol. The van der Waals surface area contributed by atoms with E-state index in [9.17, 15) is 18.0 Å². The number of quaternary nitrogens is 1. The third-order valence-corrected chi connectivity index (χ3v) is 8.24. The number of hydrogen-bond acceptors (Lipinski definition) is 5. The first-order valence-electron chi connectivity index (χ1n) is 10.1. The summed E-state index contributed by atoms with van der Waals surface area (Å²) in [5.74, 6) is -1.01.